The van der Waals surface area contributed by atoms with E-state index in [9.17, 15) is 0 Å². The average molecular weight is 382 g/mol. The first-order chi connectivity index (χ1) is 5.74. The Morgan fingerprint density at radius 2 is 2.00 bits per heavy atom. The molecule has 1 radical (unpaired) electrons. The van der Waals surface area contributed by atoms with Crippen molar-refractivity contribution < 1.29 is 26.9 Å². The van der Waals surface area contributed by atoms with Crippen molar-refractivity contribution >= 4 is 12.6 Å². The maximum atomic E-state index is 5.12. The van der Waals surface area contributed by atoms with Crippen LogP contribution in [-0.2, 0) is 54.5 Å². The van der Waals surface area contributed by atoms with Gasteiger partial charge in [-0.3, -0.25) is 4.57 Å². The van der Waals surface area contributed by atoms with Crippen molar-refractivity contribution in [3.8, 4) is 0 Å². The number of hydrogen-bond acceptors (Lipinski definition) is 2. The van der Waals surface area contributed by atoms with Crippen LogP contribution in [0.25, 0.3) is 0 Å². The van der Waals surface area contributed by atoms with Crippen molar-refractivity contribution in [3.05, 3.63) is 5.82 Å². The largest absolute Gasteiger partial charge is 0.703 e. The molecular formula is C8H15AuN3S. The molecular weight excluding hydrogens is 367 g/mol. The molecule has 0 aliphatic heterocycles. The zero-order valence-electron chi connectivity index (χ0n) is 8.17. The number of rotatable bonds is 3. The molecule has 0 amide bonds. The van der Waals surface area contributed by atoms with Crippen LogP contribution in [0.3, 0.4) is 0 Å². The van der Waals surface area contributed by atoms with E-state index < -0.39 is 0 Å². The first-order valence-corrected chi connectivity index (χ1v) is 4.81. The van der Waals surface area contributed by atoms with Gasteiger partial charge < -0.3 is 12.6 Å². The van der Waals surface area contributed by atoms with Crippen molar-refractivity contribution in [2.24, 2.45) is 0 Å². The molecule has 1 heterocycles. The number of hydrogen-bond donors (Lipinski definition) is 0. The third-order valence-corrected chi connectivity index (χ3v) is 2.28. The first kappa shape index (κ1) is 13.1. The standard InChI is InChI=1S/C8H15N3S.Au/c1-4-7-10(5-2)8(12)9-11(7)6-3;/h4-6H2,1-3H3;. The van der Waals surface area contributed by atoms with Crippen LogP contribution in [0.2, 0.25) is 0 Å². The van der Waals surface area contributed by atoms with Crippen LogP contribution in [0.4, 0.5) is 0 Å². The van der Waals surface area contributed by atoms with Crippen molar-refractivity contribution in [3.63, 3.8) is 0 Å². The molecule has 1 rings (SSSR count). The van der Waals surface area contributed by atoms with E-state index in [-0.39, 0.29) is 22.4 Å². The van der Waals surface area contributed by atoms with Crippen LogP contribution in [0, 0.1) is 0 Å². The van der Waals surface area contributed by atoms with Gasteiger partial charge in [0, 0.05) is 33.9 Å². The third-order valence-electron chi connectivity index (χ3n) is 1.98. The van der Waals surface area contributed by atoms with E-state index in [4.69, 9.17) is 12.6 Å². The molecule has 0 N–H and O–H groups in total. The van der Waals surface area contributed by atoms with Crippen LogP contribution in [0.5, 0.6) is 0 Å². The Morgan fingerprint density at radius 3 is 2.38 bits per heavy atom. The van der Waals surface area contributed by atoms with Gasteiger partial charge in [-0.2, -0.15) is 0 Å². The van der Waals surface area contributed by atoms with Crippen molar-refractivity contribution in [2.45, 2.75) is 45.4 Å². The summed E-state index contributed by atoms with van der Waals surface area (Å²) in [5, 5.41) is 4.97. The smallest absolute Gasteiger partial charge is 0.234 e. The summed E-state index contributed by atoms with van der Waals surface area (Å²) in [6, 6.07) is 0. The molecule has 1 aromatic rings. The molecule has 0 fully saturated rings. The zero-order chi connectivity index (χ0) is 9.14. The van der Waals surface area contributed by atoms with Gasteiger partial charge in [0.05, 0.1) is 6.54 Å². The predicted molar refractivity (Wildman–Crippen MR) is 48.8 cm³/mol. The molecule has 3 nitrogen and oxygen atoms in total. The summed E-state index contributed by atoms with van der Waals surface area (Å²) in [7, 11) is 0. The van der Waals surface area contributed by atoms with Gasteiger partial charge in [0.25, 0.3) is 0 Å². The maximum Gasteiger partial charge on any atom is 0.234 e. The molecule has 0 spiro atoms. The second-order valence-corrected chi connectivity index (χ2v) is 2.98. The summed E-state index contributed by atoms with van der Waals surface area (Å²) in [5.74, 6) is 1.23. The molecule has 0 aliphatic rings. The molecule has 0 aromatic carbocycles. The number of aromatic nitrogens is 3. The first-order valence-electron chi connectivity index (χ1n) is 4.41. The van der Waals surface area contributed by atoms with Gasteiger partial charge in [-0.15, -0.1) is 4.68 Å². The molecule has 0 aliphatic carbocycles. The SMILES string of the molecule is CCc1n(CC)nc([S-])[n+]1CC.[Au]. The van der Waals surface area contributed by atoms with Gasteiger partial charge in [0.1, 0.15) is 6.54 Å². The molecule has 13 heavy (non-hydrogen) atoms. The number of aryl methyl sites for hydroxylation is 1. The fourth-order valence-electron chi connectivity index (χ4n) is 1.41. The van der Waals surface area contributed by atoms with E-state index in [2.05, 4.69) is 30.4 Å². The summed E-state index contributed by atoms with van der Waals surface area (Å²) >= 11 is 5.12. The van der Waals surface area contributed by atoms with Crippen LogP contribution in [0.1, 0.15) is 26.6 Å². The minimum absolute atomic E-state index is 0. The minimum Gasteiger partial charge on any atom is -0.703 e. The topological polar surface area (TPSA) is 21.7 Å². The predicted octanol–water partition coefficient (Wildman–Crippen LogP) is 0.676. The van der Waals surface area contributed by atoms with E-state index >= 15 is 0 Å². The normalized spacial score (nSPS) is 9.77. The summed E-state index contributed by atoms with van der Waals surface area (Å²) in [4.78, 5) is 0. The van der Waals surface area contributed by atoms with Crippen LogP contribution in [-0.4, -0.2) is 9.78 Å². The van der Waals surface area contributed by atoms with E-state index in [1.54, 1.807) is 0 Å². The van der Waals surface area contributed by atoms with E-state index in [0.717, 1.165) is 19.5 Å². The summed E-state index contributed by atoms with van der Waals surface area (Å²) < 4.78 is 4.06. The van der Waals surface area contributed by atoms with E-state index in [1.807, 2.05) is 4.68 Å². The maximum absolute atomic E-state index is 5.12. The Balaban J connectivity index is 0.00000144. The quantitative estimate of drug-likeness (QED) is 0.436. The Morgan fingerprint density at radius 1 is 1.38 bits per heavy atom. The van der Waals surface area contributed by atoms with Gasteiger partial charge >= 0.3 is 0 Å². The molecule has 0 bridgehead atoms. The van der Waals surface area contributed by atoms with Crippen LogP contribution >= 0.6 is 0 Å². The summed E-state index contributed by atoms with van der Waals surface area (Å²) in [5.41, 5.74) is 0. The zero-order valence-corrected chi connectivity index (χ0v) is 11.2. The van der Waals surface area contributed by atoms with Crippen molar-refractivity contribution in [1.29, 1.82) is 0 Å². The Kier molecular flexibility index (Phi) is 5.80. The average Bonchev–Trinajstić information content (AvgIpc) is 2.40. The molecule has 0 saturated heterocycles. The second-order valence-electron chi connectivity index (χ2n) is 2.61. The fourth-order valence-corrected chi connectivity index (χ4v) is 1.74. The molecule has 0 unspecified atom stereocenters. The molecule has 5 heteroatoms. The van der Waals surface area contributed by atoms with Gasteiger partial charge in [-0.25, -0.2) is 0 Å². The van der Waals surface area contributed by atoms with Gasteiger partial charge in [-0.1, -0.05) is 6.92 Å². The van der Waals surface area contributed by atoms with Gasteiger partial charge in [0.2, 0.25) is 5.82 Å². The van der Waals surface area contributed by atoms with Gasteiger partial charge in [0.15, 0.2) is 5.16 Å². The third kappa shape index (κ3) is 2.53. The summed E-state index contributed by atoms with van der Waals surface area (Å²) in [6.07, 6.45) is 0.991. The second kappa shape index (κ2) is 5.75. The minimum atomic E-state index is 0. The molecule has 1 aromatic heterocycles. The van der Waals surface area contributed by atoms with Gasteiger partial charge in [-0.05, 0) is 13.8 Å². The van der Waals surface area contributed by atoms with Crippen molar-refractivity contribution in [2.75, 3.05) is 0 Å². The van der Waals surface area contributed by atoms with Crippen molar-refractivity contribution in [1.82, 2.24) is 9.78 Å². The fraction of sp³-hybridized carbons (Fsp3) is 0.750. The number of nitrogens with zero attached hydrogens (tertiary/aromatic N) is 3. The Labute approximate surface area is 100 Å². The molecule has 79 valence electrons. The van der Waals surface area contributed by atoms with Crippen LogP contribution in [0.15, 0.2) is 5.16 Å². The Hall–Kier alpha value is 0.100. The van der Waals surface area contributed by atoms with E-state index in [1.165, 1.54) is 5.82 Å². The molecule has 0 atom stereocenters. The van der Waals surface area contributed by atoms with Crippen LogP contribution < -0.4 is 4.57 Å². The monoisotopic (exact) mass is 382 g/mol. The molecule has 0 saturated carbocycles. The van der Waals surface area contributed by atoms with E-state index in [0.29, 0.717) is 5.16 Å². The Bertz CT molecular complexity index is 273. The summed E-state index contributed by atoms with van der Waals surface area (Å²) in [6.45, 7) is 8.13.